The summed E-state index contributed by atoms with van der Waals surface area (Å²) in [5.41, 5.74) is 1.39. The molecule has 0 fully saturated rings. The highest BCUT2D eigenvalue weighted by molar-refractivity contribution is 6.07. The number of amides is 3. The average molecular weight is 713 g/mol. The van der Waals surface area contributed by atoms with Crippen molar-refractivity contribution in [2.75, 3.05) is 17.2 Å². The van der Waals surface area contributed by atoms with Gasteiger partial charge in [0, 0.05) is 59.5 Å². The lowest BCUT2D eigenvalue weighted by Crippen LogP contribution is -2.33. The van der Waals surface area contributed by atoms with Gasteiger partial charge in [-0.15, -0.1) is 12.3 Å². The molecule has 4 aromatic carbocycles. The van der Waals surface area contributed by atoms with E-state index in [0.29, 0.717) is 40.9 Å². The van der Waals surface area contributed by atoms with Crippen molar-refractivity contribution in [2.45, 2.75) is 37.7 Å². The van der Waals surface area contributed by atoms with Gasteiger partial charge in [-0.05, 0) is 66.9 Å². The maximum Gasteiger partial charge on any atom is 0.340 e. The predicted molar refractivity (Wildman–Crippen MR) is 191 cm³/mol. The van der Waals surface area contributed by atoms with Crippen LogP contribution in [0.2, 0.25) is 0 Å². The zero-order valence-electron chi connectivity index (χ0n) is 28.1. The second-order valence-corrected chi connectivity index (χ2v) is 12.3. The van der Waals surface area contributed by atoms with E-state index in [9.17, 15) is 39.8 Å². The number of hydrogen-bond donors (Lipinski definition) is 6. The van der Waals surface area contributed by atoms with Crippen LogP contribution in [0.15, 0.2) is 90.2 Å². The number of ether oxygens (including phenoxy) is 2. The maximum absolute atomic E-state index is 13.3. The number of nitriles is 1. The van der Waals surface area contributed by atoms with Gasteiger partial charge in [0.2, 0.25) is 11.8 Å². The van der Waals surface area contributed by atoms with Crippen LogP contribution >= 0.6 is 0 Å². The van der Waals surface area contributed by atoms with Crippen LogP contribution in [0.5, 0.6) is 23.0 Å². The quantitative estimate of drug-likeness (QED) is 0.0382. The van der Waals surface area contributed by atoms with Crippen molar-refractivity contribution < 1.29 is 44.0 Å². The lowest BCUT2D eigenvalue weighted by atomic mass is 9.77. The summed E-state index contributed by atoms with van der Waals surface area (Å²) >= 11 is 0. The number of aromatic hydroxyl groups is 2. The molecule has 0 saturated carbocycles. The summed E-state index contributed by atoms with van der Waals surface area (Å²) in [5.74, 6) is 0.0812. The number of aliphatic hydroxyl groups is 1. The summed E-state index contributed by atoms with van der Waals surface area (Å²) in [7, 11) is 0. The number of aliphatic hydroxyl groups excluding tert-OH is 1. The Bertz CT molecular complexity index is 2210. The van der Waals surface area contributed by atoms with Gasteiger partial charge in [0.25, 0.3) is 5.91 Å². The standard InChI is InChI=1S/C40H32N4O9/c1-2-3-6-33(47)29(21-41)38(50)44-24-10-8-23(9-11-24)5-4-7-36(48)42-22-37(49)43-25-12-15-30-28(18-25)39(51)53-40(30)31-16-13-26(45)19-34(31)52-35-20-27(46)14-17-32(35)40/h1,8-20,45-47H,3-7,22H2,(H,42,48)(H,43,49)(H,44,50)/b33-29-. The number of anilines is 2. The van der Waals surface area contributed by atoms with Crippen LogP contribution in [0.3, 0.4) is 0 Å². The third kappa shape index (κ3) is 7.31. The summed E-state index contributed by atoms with van der Waals surface area (Å²) in [6.07, 6.45) is 6.54. The Morgan fingerprint density at radius 2 is 1.45 bits per heavy atom. The van der Waals surface area contributed by atoms with Gasteiger partial charge in [-0.25, -0.2) is 4.79 Å². The number of benzene rings is 4. The van der Waals surface area contributed by atoms with Crippen LogP contribution in [-0.2, 0) is 31.1 Å². The van der Waals surface area contributed by atoms with Gasteiger partial charge in [-0.3, -0.25) is 14.4 Å². The highest BCUT2D eigenvalue weighted by atomic mass is 16.6. The lowest BCUT2D eigenvalue weighted by molar-refractivity contribution is -0.124. The van der Waals surface area contributed by atoms with E-state index in [1.54, 1.807) is 54.6 Å². The molecule has 4 aromatic rings. The summed E-state index contributed by atoms with van der Waals surface area (Å²) in [4.78, 5) is 51.0. The first-order valence-electron chi connectivity index (χ1n) is 16.5. The topological polar surface area (TPSA) is 207 Å². The molecule has 6 N–H and O–H groups in total. The minimum Gasteiger partial charge on any atom is -0.511 e. The smallest absolute Gasteiger partial charge is 0.340 e. The fourth-order valence-corrected chi connectivity index (χ4v) is 6.22. The Kier molecular flexibility index (Phi) is 10.0. The molecule has 0 radical (unpaired) electrons. The van der Waals surface area contributed by atoms with Gasteiger partial charge in [0.15, 0.2) is 11.2 Å². The van der Waals surface area contributed by atoms with E-state index < -0.39 is 29.0 Å². The third-order valence-electron chi connectivity index (χ3n) is 8.72. The number of fused-ring (bicyclic) bond motifs is 6. The number of nitrogens with zero attached hydrogens (tertiary/aromatic N) is 1. The van der Waals surface area contributed by atoms with Crippen molar-refractivity contribution in [3.63, 3.8) is 0 Å². The molecule has 0 saturated heterocycles. The molecule has 0 bridgehead atoms. The van der Waals surface area contributed by atoms with Crippen molar-refractivity contribution in [1.82, 2.24) is 5.32 Å². The number of carbonyl (C=O) groups excluding carboxylic acids is 4. The Hall–Kier alpha value is -7.25. The average Bonchev–Trinajstić information content (AvgIpc) is 3.41. The molecule has 266 valence electrons. The molecule has 1 spiro atoms. The van der Waals surface area contributed by atoms with Crippen LogP contribution in [0.25, 0.3) is 0 Å². The number of terminal acetylenes is 1. The third-order valence-corrected chi connectivity index (χ3v) is 8.72. The number of rotatable bonds is 11. The number of esters is 1. The van der Waals surface area contributed by atoms with E-state index in [2.05, 4.69) is 21.9 Å². The van der Waals surface area contributed by atoms with Crippen molar-refractivity contribution in [1.29, 1.82) is 5.26 Å². The number of aryl methyl sites for hydroxylation is 1. The Balaban J connectivity index is 1.02. The zero-order chi connectivity index (χ0) is 37.7. The minimum absolute atomic E-state index is 0.0167. The van der Waals surface area contributed by atoms with E-state index in [-0.39, 0.29) is 66.0 Å². The van der Waals surface area contributed by atoms with E-state index >= 15 is 0 Å². The maximum atomic E-state index is 13.3. The summed E-state index contributed by atoms with van der Waals surface area (Å²) in [5, 5.41) is 47.3. The fraction of sp³-hybridized carbons (Fsp3) is 0.175. The molecule has 6 rings (SSSR count). The van der Waals surface area contributed by atoms with E-state index in [0.717, 1.165) is 5.56 Å². The Labute approximate surface area is 303 Å². The second-order valence-electron chi connectivity index (χ2n) is 12.3. The largest absolute Gasteiger partial charge is 0.511 e. The summed E-state index contributed by atoms with van der Waals surface area (Å²) < 4.78 is 12.0. The molecule has 0 aromatic heterocycles. The van der Waals surface area contributed by atoms with Crippen molar-refractivity contribution in [3.05, 3.63) is 118 Å². The van der Waals surface area contributed by atoms with Crippen LogP contribution < -0.4 is 20.7 Å². The van der Waals surface area contributed by atoms with E-state index in [1.807, 2.05) is 0 Å². The first kappa shape index (κ1) is 35.6. The highest BCUT2D eigenvalue weighted by Gasteiger charge is 2.53. The number of phenolic OH excluding ortho intramolecular Hbond substituents is 2. The first-order valence-corrected chi connectivity index (χ1v) is 16.5. The van der Waals surface area contributed by atoms with Crippen molar-refractivity contribution in [2.24, 2.45) is 0 Å². The van der Waals surface area contributed by atoms with Gasteiger partial charge in [0.05, 0.1) is 12.1 Å². The highest BCUT2D eigenvalue weighted by Crippen LogP contribution is 2.57. The van der Waals surface area contributed by atoms with Crippen molar-refractivity contribution in [3.8, 4) is 41.4 Å². The molecule has 0 aliphatic carbocycles. The Morgan fingerprint density at radius 1 is 0.811 bits per heavy atom. The molecule has 2 heterocycles. The summed E-state index contributed by atoms with van der Waals surface area (Å²) in [6.45, 7) is -0.304. The van der Waals surface area contributed by atoms with Crippen molar-refractivity contribution >= 4 is 35.1 Å². The van der Waals surface area contributed by atoms with E-state index in [4.69, 9.17) is 15.9 Å². The number of phenols is 2. The molecule has 53 heavy (non-hydrogen) atoms. The fourth-order valence-electron chi connectivity index (χ4n) is 6.22. The molecule has 2 aliphatic rings. The summed E-state index contributed by atoms with van der Waals surface area (Å²) in [6, 6.07) is 22.2. The van der Waals surface area contributed by atoms with Gasteiger partial charge >= 0.3 is 5.97 Å². The zero-order valence-corrected chi connectivity index (χ0v) is 28.1. The molecule has 3 amide bonds. The molecule has 0 atom stereocenters. The minimum atomic E-state index is -1.43. The molecule has 2 aliphatic heterocycles. The Morgan fingerprint density at radius 3 is 2.09 bits per heavy atom. The van der Waals surface area contributed by atoms with Gasteiger partial charge in [-0.1, -0.05) is 18.2 Å². The van der Waals surface area contributed by atoms with Gasteiger partial charge in [-0.2, -0.15) is 5.26 Å². The molecular weight excluding hydrogens is 680 g/mol. The van der Waals surface area contributed by atoms with Gasteiger partial charge < -0.3 is 40.7 Å². The SMILES string of the molecule is C#CCC/C(O)=C(\C#N)C(=O)Nc1ccc(CCCC(=O)NCC(=O)Nc2ccc3c(c2)C(=O)OC32c3ccc(O)cc3Oc3cc(O)ccc32)cc1. The number of allylic oxidation sites excluding steroid dienone is 1. The predicted octanol–water partition coefficient (Wildman–Crippen LogP) is 5.43. The molecular formula is C40H32N4O9. The first-order chi connectivity index (χ1) is 25.5. The number of carbonyl (C=O) groups is 4. The lowest BCUT2D eigenvalue weighted by Gasteiger charge is -2.36. The van der Waals surface area contributed by atoms with Gasteiger partial charge in [0.1, 0.15) is 34.8 Å². The van der Waals surface area contributed by atoms with Crippen LogP contribution in [0.4, 0.5) is 11.4 Å². The normalized spacial score (nSPS) is 13.4. The van der Waals surface area contributed by atoms with Crippen LogP contribution in [0.1, 0.15) is 58.3 Å². The van der Waals surface area contributed by atoms with E-state index in [1.165, 1.54) is 30.3 Å². The molecule has 0 unspecified atom stereocenters. The number of hydrogen-bond acceptors (Lipinski definition) is 10. The number of nitrogens with one attached hydrogen (secondary N) is 3. The van der Waals surface area contributed by atoms with Crippen LogP contribution in [-0.4, -0.2) is 45.6 Å². The van der Waals surface area contributed by atoms with Crippen LogP contribution in [0, 0.1) is 23.7 Å². The monoisotopic (exact) mass is 712 g/mol. The second kappa shape index (κ2) is 14.9. The molecule has 13 nitrogen and oxygen atoms in total. The molecule has 13 heteroatoms.